The third-order valence-electron chi connectivity index (χ3n) is 2.62. The summed E-state index contributed by atoms with van der Waals surface area (Å²) in [5.41, 5.74) is 1.68. The van der Waals surface area contributed by atoms with Crippen molar-refractivity contribution in [2.45, 2.75) is 31.4 Å². The van der Waals surface area contributed by atoms with Crippen LogP contribution < -0.4 is 0 Å². The Hall–Kier alpha value is -0.558. The summed E-state index contributed by atoms with van der Waals surface area (Å²) in [6, 6.07) is 16.9. The first-order chi connectivity index (χ1) is 9.09. The van der Waals surface area contributed by atoms with Crippen molar-refractivity contribution in [3.63, 3.8) is 0 Å². The number of benzene rings is 2. The van der Waals surface area contributed by atoms with Crippen molar-refractivity contribution in [3.05, 3.63) is 73.2 Å². The maximum atomic E-state index is 12.1. The summed E-state index contributed by atoms with van der Waals surface area (Å²) < 4.78 is 24.3. The monoisotopic (exact) mass is 528 g/mol. The molecule has 0 aromatic heterocycles. The topological polar surface area (TPSA) is 34.1 Å². The molecule has 0 atom stereocenters. The first-order valence-electron chi connectivity index (χ1n) is 6.33. The maximum Gasteiger partial charge on any atom is 2.00 e. The molecule has 4 heteroatoms. The minimum Gasteiger partial charge on any atom is -0.358 e. The second kappa shape index (κ2) is 11.1. The van der Waals surface area contributed by atoms with Gasteiger partial charge in [-0.25, -0.2) is 8.42 Å². The molecule has 2 aromatic rings. The molecule has 0 aliphatic heterocycles. The van der Waals surface area contributed by atoms with E-state index < -0.39 is 9.84 Å². The van der Waals surface area contributed by atoms with Crippen molar-refractivity contribution in [2.75, 3.05) is 0 Å². The summed E-state index contributed by atoms with van der Waals surface area (Å²) in [4.78, 5) is 0.364. The molecule has 0 bridgehead atoms. The molecule has 0 saturated carbocycles. The third-order valence-corrected chi connectivity index (χ3v) is 4.30. The van der Waals surface area contributed by atoms with Crippen LogP contribution >= 0.6 is 0 Å². The Morgan fingerprint density at radius 1 is 1.00 bits per heavy atom. The Morgan fingerprint density at radius 3 is 2.10 bits per heavy atom. The maximum absolute atomic E-state index is 12.1. The summed E-state index contributed by atoms with van der Waals surface area (Å²) in [6.45, 7) is 5.87. The van der Waals surface area contributed by atoms with Gasteiger partial charge in [0.1, 0.15) is 0 Å². The molecule has 21 heavy (non-hydrogen) atoms. The van der Waals surface area contributed by atoms with Crippen molar-refractivity contribution in [1.29, 1.82) is 0 Å². The molecule has 0 spiro atoms. The van der Waals surface area contributed by atoms with Gasteiger partial charge < -0.3 is 7.43 Å². The van der Waals surface area contributed by atoms with Crippen LogP contribution in [0.1, 0.15) is 25.0 Å². The van der Waals surface area contributed by atoms with Crippen LogP contribution in [0.5, 0.6) is 0 Å². The number of hydrogen-bond donors (Lipinski definition) is 0. The predicted molar refractivity (Wildman–Crippen MR) is 85.1 cm³/mol. The van der Waals surface area contributed by atoms with Crippen LogP contribution in [-0.2, 0) is 15.6 Å². The summed E-state index contributed by atoms with van der Waals surface area (Å²) >= 11 is 0. The van der Waals surface area contributed by atoms with E-state index in [1.165, 1.54) is 0 Å². The second-order valence-electron chi connectivity index (χ2n) is 3.89. The normalized spacial score (nSPS) is 9.48. The van der Waals surface area contributed by atoms with Crippen molar-refractivity contribution >= 4 is 9.84 Å². The third kappa shape index (κ3) is 6.82. The first kappa shape index (κ1) is 22.7. The van der Waals surface area contributed by atoms with Crippen LogP contribution in [0.4, 0.5) is 0 Å². The standard InChI is InChI=1S/C14H13O2S.C2H6.CH3.U/c1-12-7-5-6-8-13(12)11-17(15,16)14-9-3-2-4-10-14;1-2;;/h2-6,8-10H,11H2,1H3;1-2H3;1H3;/q-1;;-1;+2. The van der Waals surface area contributed by atoms with Gasteiger partial charge in [-0.15, -0.1) is 5.56 Å². The molecule has 112 valence electrons. The van der Waals surface area contributed by atoms with Gasteiger partial charge in [-0.2, -0.15) is 29.8 Å². The number of aryl methyl sites for hydroxylation is 1. The van der Waals surface area contributed by atoms with E-state index in [1.54, 1.807) is 36.4 Å². The summed E-state index contributed by atoms with van der Waals surface area (Å²) in [5, 5.41) is 0. The van der Waals surface area contributed by atoms with Crippen LogP contribution in [0.15, 0.2) is 53.4 Å². The molecule has 2 rings (SSSR count). The van der Waals surface area contributed by atoms with E-state index in [9.17, 15) is 8.42 Å². The van der Waals surface area contributed by atoms with Crippen molar-refractivity contribution in [3.8, 4) is 0 Å². The zero-order valence-corrected chi connectivity index (χ0v) is 18.0. The number of sulfone groups is 1. The van der Waals surface area contributed by atoms with Crippen LogP contribution in [0, 0.1) is 51.5 Å². The van der Waals surface area contributed by atoms with Crippen molar-refractivity contribution in [1.82, 2.24) is 0 Å². The van der Waals surface area contributed by atoms with E-state index in [2.05, 4.69) is 6.07 Å². The molecule has 0 saturated heterocycles. The molecule has 2 nitrogen and oxygen atoms in total. The van der Waals surface area contributed by atoms with E-state index in [0.717, 1.165) is 11.1 Å². The fourth-order valence-electron chi connectivity index (χ4n) is 1.63. The fourth-order valence-corrected chi connectivity index (χ4v) is 3.09. The van der Waals surface area contributed by atoms with Gasteiger partial charge in [-0.05, 0) is 12.1 Å². The van der Waals surface area contributed by atoms with Gasteiger partial charge in [0.05, 0.1) is 4.90 Å². The second-order valence-corrected chi connectivity index (χ2v) is 5.88. The minimum absolute atomic E-state index is 0. The van der Waals surface area contributed by atoms with Crippen molar-refractivity contribution < 1.29 is 39.5 Å². The molecule has 0 fully saturated rings. The molecular formula is C17H22O2SU. The summed E-state index contributed by atoms with van der Waals surface area (Å²) in [6.07, 6.45) is 0. The van der Waals surface area contributed by atoms with E-state index in [-0.39, 0.29) is 44.3 Å². The van der Waals surface area contributed by atoms with E-state index >= 15 is 0 Å². The average molecular weight is 528 g/mol. The van der Waals surface area contributed by atoms with Gasteiger partial charge in [-0.3, -0.25) is 0 Å². The average Bonchev–Trinajstić information content (AvgIpc) is 2.44. The van der Waals surface area contributed by atoms with Gasteiger partial charge >= 0.3 is 31.1 Å². The molecule has 0 radical (unpaired) electrons. The molecule has 0 aliphatic rings. The number of rotatable bonds is 3. The fraction of sp³-hybridized carbons (Fsp3) is 0.235. The van der Waals surface area contributed by atoms with Crippen molar-refractivity contribution in [2.24, 2.45) is 0 Å². The predicted octanol–water partition coefficient (Wildman–Crippen LogP) is 4.25. The zero-order chi connectivity index (χ0) is 14.3. The largest absolute Gasteiger partial charge is 2.00 e. The summed E-state index contributed by atoms with van der Waals surface area (Å²) in [7, 11) is -3.26. The van der Waals surface area contributed by atoms with Crippen LogP contribution in [0.25, 0.3) is 0 Å². The molecular weight excluding hydrogens is 506 g/mol. The molecule has 0 heterocycles. The van der Waals surface area contributed by atoms with Gasteiger partial charge in [0.2, 0.25) is 0 Å². The van der Waals surface area contributed by atoms with Gasteiger partial charge in [0, 0.05) is 5.75 Å². The van der Waals surface area contributed by atoms with Gasteiger partial charge in [0.25, 0.3) is 0 Å². The Morgan fingerprint density at radius 2 is 1.57 bits per heavy atom. The summed E-state index contributed by atoms with van der Waals surface area (Å²) in [5.74, 6) is 0.0280. The number of hydrogen-bond acceptors (Lipinski definition) is 2. The Bertz CT molecular complexity index is 608. The van der Waals surface area contributed by atoms with Gasteiger partial charge in [0.15, 0.2) is 9.84 Å². The SMILES string of the molecule is CC.Cc1[c-]cccc1CS(=O)(=O)c1ccccc1.[CH3-].[U+2]. The van der Waals surface area contributed by atoms with E-state index in [4.69, 9.17) is 0 Å². The zero-order valence-electron chi connectivity index (χ0n) is 13.1. The Kier molecular flexibility index (Phi) is 12.0. The smallest absolute Gasteiger partial charge is 0.358 e. The first-order valence-corrected chi connectivity index (χ1v) is 7.99. The molecule has 0 aliphatic carbocycles. The Balaban J connectivity index is 0. The van der Waals surface area contributed by atoms with E-state index in [1.807, 2.05) is 32.9 Å². The molecule has 2 aromatic carbocycles. The van der Waals surface area contributed by atoms with E-state index in [0.29, 0.717) is 4.90 Å². The van der Waals surface area contributed by atoms with Crippen LogP contribution in [0.2, 0.25) is 0 Å². The van der Waals surface area contributed by atoms with Crippen LogP contribution in [0.3, 0.4) is 0 Å². The molecule has 0 N–H and O–H groups in total. The van der Waals surface area contributed by atoms with Gasteiger partial charge in [-0.1, -0.05) is 39.0 Å². The quantitative estimate of drug-likeness (QED) is 0.559. The molecule has 0 unspecified atom stereocenters. The van der Waals surface area contributed by atoms with Crippen LogP contribution in [-0.4, -0.2) is 8.42 Å². The molecule has 0 amide bonds. The minimum atomic E-state index is -3.26. The Labute approximate surface area is 153 Å².